The summed E-state index contributed by atoms with van der Waals surface area (Å²) in [5, 5.41) is 3.96. The number of amides is 1. The van der Waals surface area contributed by atoms with Crippen LogP contribution in [0.25, 0.3) is 0 Å². The molecule has 0 saturated carbocycles. The topological polar surface area (TPSA) is 59.1 Å². The molecule has 0 spiro atoms. The lowest BCUT2D eigenvalue weighted by Crippen LogP contribution is -2.11. The number of hydrogen-bond acceptors (Lipinski definition) is 5. The van der Waals surface area contributed by atoms with Crippen molar-refractivity contribution in [1.82, 2.24) is 4.98 Å². The van der Waals surface area contributed by atoms with E-state index < -0.39 is 0 Å². The highest BCUT2D eigenvalue weighted by Gasteiger charge is 2.13. The van der Waals surface area contributed by atoms with E-state index in [0.717, 1.165) is 22.1 Å². The highest BCUT2D eigenvalue weighted by molar-refractivity contribution is 7.99. The molecule has 0 aliphatic carbocycles. The summed E-state index contributed by atoms with van der Waals surface area (Å²) in [7, 11) is 0. The van der Waals surface area contributed by atoms with Gasteiger partial charge in [0.1, 0.15) is 0 Å². The van der Waals surface area contributed by atoms with Crippen LogP contribution in [0.4, 0.5) is 5.13 Å². The van der Waals surface area contributed by atoms with E-state index in [1.165, 1.54) is 18.3 Å². The maximum absolute atomic E-state index is 11.9. The van der Waals surface area contributed by atoms with E-state index in [0.29, 0.717) is 22.1 Å². The Morgan fingerprint density at radius 2 is 2.00 bits per heavy atom. The molecule has 122 valence electrons. The zero-order valence-corrected chi connectivity index (χ0v) is 15.3. The number of carbonyl (C=O) groups excluding carboxylic acids is 2. The number of thiazole rings is 1. The van der Waals surface area contributed by atoms with Gasteiger partial charge in [-0.05, 0) is 43.4 Å². The highest BCUT2D eigenvalue weighted by Crippen LogP contribution is 2.24. The largest absolute Gasteiger partial charge is 0.302 e. The van der Waals surface area contributed by atoms with Gasteiger partial charge in [0.2, 0.25) is 5.91 Å². The standard InChI is InChI=1S/C16H17ClN2O2S2/c1-10-15(11(2)20)23-16(18-10)19-14(21)4-3-9-22-13-7-5-12(17)6-8-13/h5-8H,3-4,9H2,1-2H3,(H,18,19,21). The summed E-state index contributed by atoms with van der Waals surface area (Å²) in [5.74, 6) is 0.746. The molecule has 1 amide bonds. The molecule has 1 aromatic carbocycles. The number of aryl methyl sites for hydroxylation is 1. The van der Waals surface area contributed by atoms with Crippen LogP contribution in [0, 0.1) is 6.92 Å². The number of hydrogen-bond donors (Lipinski definition) is 1. The van der Waals surface area contributed by atoms with Crippen LogP contribution in [0.5, 0.6) is 0 Å². The molecule has 23 heavy (non-hydrogen) atoms. The first-order valence-electron chi connectivity index (χ1n) is 7.12. The average molecular weight is 369 g/mol. The third kappa shape index (κ3) is 5.64. The van der Waals surface area contributed by atoms with Gasteiger partial charge in [0.05, 0.1) is 10.6 Å². The van der Waals surface area contributed by atoms with Crippen molar-refractivity contribution < 1.29 is 9.59 Å². The number of benzene rings is 1. The first-order chi connectivity index (χ1) is 11.0. The number of carbonyl (C=O) groups is 2. The third-order valence-electron chi connectivity index (χ3n) is 2.99. The number of rotatable bonds is 7. The number of nitrogens with one attached hydrogen (secondary N) is 1. The Morgan fingerprint density at radius 3 is 2.61 bits per heavy atom. The molecular weight excluding hydrogens is 352 g/mol. The lowest BCUT2D eigenvalue weighted by Gasteiger charge is -2.03. The van der Waals surface area contributed by atoms with Crippen LogP contribution in [-0.2, 0) is 4.79 Å². The van der Waals surface area contributed by atoms with Gasteiger partial charge in [0.25, 0.3) is 0 Å². The second kappa shape index (κ2) is 8.47. The second-order valence-electron chi connectivity index (χ2n) is 4.94. The first kappa shape index (κ1) is 18.0. The molecule has 1 aromatic heterocycles. The molecule has 0 fully saturated rings. The van der Waals surface area contributed by atoms with Gasteiger partial charge in [-0.3, -0.25) is 9.59 Å². The normalized spacial score (nSPS) is 10.6. The lowest BCUT2D eigenvalue weighted by molar-refractivity contribution is -0.116. The fraction of sp³-hybridized carbons (Fsp3) is 0.312. The maximum atomic E-state index is 11.9. The van der Waals surface area contributed by atoms with Crippen molar-refractivity contribution in [2.75, 3.05) is 11.1 Å². The predicted octanol–water partition coefficient (Wildman–Crippen LogP) is 4.82. The molecule has 7 heteroatoms. The van der Waals surface area contributed by atoms with Gasteiger partial charge in [-0.1, -0.05) is 22.9 Å². The zero-order chi connectivity index (χ0) is 16.8. The summed E-state index contributed by atoms with van der Waals surface area (Å²) in [4.78, 5) is 29.2. The summed E-state index contributed by atoms with van der Waals surface area (Å²) in [6.07, 6.45) is 1.19. The summed E-state index contributed by atoms with van der Waals surface area (Å²) >= 11 is 8.75. The van der Waals surface area contributed by atoms with Crippen molar-refractivity contribution in [2.45, 2.75) is 31.6 Å². The SMILES string of the molecule is CC(=O)c1sc(NC(=O)CCCSc2ccc(Cl)cc2)nc1C. The average Bonchev–Trinajstić information content (AvgIpc) is 2.86. The molecule has 0 aliphatic heterocycles. The first-order valence-corrected chi connectivity index (χ1v) is 9.30. The van der Waals surface area contributed by atoms with E-state index in [2.05, 4.69) is 10.3 Å². The molecule has 2 rings (SSSR count). The van der Waals surface area contributed by atoms with Gasteiger partial charge in [-0.15, -0.1) is 11.8 Å². The molecule has 0 atom stereocenters. The Bertz CT molecular complexity index is 699. The molecule has 0 saturated heterocycles. The van der Waals surface area contributed by atoms with E-state index in [9.17, 15) is 9.59 Å². The molecule has 2 aromatic rings. The number of nitrogens with zero attached hydrogens (tertiary/aromatic N) is 1. The molecule has 0 aliphatic rings. The second-order valence-corrected chi connectivity index (χ2v) is 7.55. The molecule has 0 radical (unpaired) electrons. The maximum Gasteiger partial charge on any atom is 0.226 e. The Balaban J connectivity index is 1.74. The molecule has 0 unspecified atom stereocenters. The number of Topliss-reactive ketones (excluding diaryl/α,β-unsaturated/α-hetero) is 1. The quantitative estimate of drug-likeness (QED) is 0.432. The number of thioether (sulfide) groups is 1. The Morgan fingerprint density at radius 1 is 1.30 bits per heavy atom. The molecule has 4 nitrogen and oxygen atoms in total. The Labute approximate surface area is 148 Å². The van der Waals surface area contributed by atoms with E-state index >= 15 is 0 Å². The van der Waals surface area contributed by atoms with E-state index in [-0.39, 0.29) is 11.7 Å². The van der Waals surface area contributed by atoms with E-state index in [4.69, 9.17) is 11.6 Å². The minimum Gasteiger partial charge on any atom is -0.302 e. The summed E-state index contributed by atoms with van der Waals surface area (Å²) in [5.41, 5.74) is 0.663. The van der Waals surface area contributed by atoms with Gasteiger partial charge in [-0.25, -0.2) is 4.98 Å². The van der Waals surface area contributed by atoms with Crippen LogP contribution in [0.1, 0.15) is 35.1 Å². The monoisotopic (exact) mass is 368 g/mol. The molecule has 0 bridgehead atoms. The fourth-order valence-electron chi connectivity index (χ4n) is 1.91. The fourth-order valence-corrected chi connectivity index (χ4v) is 3.77. The summed E-state index contributed by atoms with van der Waals surface area (Å²) < 4.78 is 0. The van der Waals surface area contributed by atoms with Crippen molar-refractivity contribution in [3.05, 3.63) is 39.9 Å². The van der Waals surface area contributed by atoms with Gasteiger partial charge in [0, 0.05) is 23.3 Å². The van der Waals surface area contributed by atoms with Crippen LogP contribution in [-0.4, -0.2) is 22.4 Å². The van der Waals surface area contributed by atoms with Gasteiger partial charge in [-0.2, -0.15) is 0 Å². The number of ketones is 1. The lowest BCUT2D eigenvalue weighted by atomic mass is 10.3. The zero-order valence-electron chi connectivity index (χ0n) is 12.9. The van der Waals surface area contributed by atoms with Gasteiger partial charge >= 0.3 is 0 Å². The third-order valence-corrected chi connectivity index (χ3v) is 5.52. The minimum atomic E-state index is -0.0782. The smallest absolute Gasteiger partial charge is 0.226 e. The van der Waals surface area contributed by atoms with Gasteiger partial charge < -0.3 is 5.32 Å². The van der Waals surface area contributed by atoms with Crippen LogP contribution >= 0.6 is 34.7 Å². The van der Waals surface area contributed by atoms with Crippen LogP contribution in [0.3, 0.4) is 0 Å². The number of aromatic nitrogens is 1. The van der Waals surface area contributed by atoms with Crippen molar-refractivity contribution >= 4 is 51.5 Å². The van der Waals surface area contributed by atoms with Crippen molar-refractivity contribution in [2.24, 2.45) is 0 Å². The van der Waals surface area contributed by atoms with Crippen LogP contribution in [0.2, 0.25) is 5.02 Å². The van der Waals surface area contributed by atoms with E-state index in [1.54, 1.807) is 18.7 Å². The molecule has 1 heterocycles. The predicted molar refractivity (Wildman–Crippen MR) is 96.9 cm³/mol. The Hall–Kier alpha value is -1.37. The Kier molecular flexibility index (Phi) is 6.62. The highest BCUT2D eigenvalue weighted by atomic mass is 35.5. The van der Waals surface area contributed by atoms with Crippen LogP contribution in [0.15, 0.2) is 29.2 Å². The van der Waals surface area contributed by atoms with Crippen LogP contribution < -0.4 is 5.32 Å². The van der Waals surface area contributed by atoms with Crippen molar-refractivity contribution in [3.8, 4) is 0 Å². The van der Waals surface area contributed by atoms with Crippen molar-refractivity contribution in [3.63, 3.8) is 0 Å². The molecule has 1 N–H and O–H groups in total. The minimum absolute atomic E-state index is 0.0279. The number of anilines is 1. The van der Waals surface area contributed by atoms with Crippen molar-refractivity contribution in [1.29, 1.82) is 0 Å². The molecular formula is C16H17ClN2O2S2. The van der Waals surface area contributed by atoms with Gasteiger partial charge in [0.15, 0.2) is 10.9 Å². The number of halogens is 1. The van der Waals surface area contributed by atoms with E-state index in [1.807, 2.05) is 24.3 Å². The summed E-state index contributed by atoms with van der Waals surface area (Å²) in [6, 6.07) is 7.64. The summed E-state index contributed by atoms with van der Waals surface area (Å²) in [6.45, 7) is 3.27.